The largest absolute Gasteiger partial charge is 0.352 e. The first kappa shape index (κ1) is 19.0. The molecule has 0 radical (unpaired) electrons. The van der Waals surface area contributed by atoms with Gasteiger partial charge < -0.3 is 5.32 Å². The highest BCUT2D eigenvalue weighted by atomic mass is 32.2. The lowest BCUT2D eigenvalue weighted by atomic mass is 10.2. The predicted molar refractivity (Wildman–Crippen MR) is 92.4 cm³/mol. The van der Waals surface area contributed by atoms with Gasteiger partial charge in [-0.3, -0.25) is 9.78 Å². The number of hydrogen-bond donors (Lipinski definition) is 1. The first-order valence-electron chi connectivity index (χ1n) is 7.70. The van der Waals surface area contributed by atoms with Gasteiger partial charge in [-0.1, -0.05) is 24.3 Å². The molecule has 2 rings (SSSR count). The maximum Gasteiger partial charge on any atom is 0.221 e. The highest BCUT2D eigenvalue weighted by Gasteiger charge is 2.19. The second kappa shape index (κ2) is 8.68. The van der Waals surface area contributed by atoms with E-state index in [9.17, 15) is 17.6 Å². The zero-order valence-electron chi connectivity index (χ0n) is 13.9. The van der Waals surface area contributed by atoms with Gasteiger partial charge in [-0.15, -0.1) is 0 Å². The molecule has 0 saturated carbocycles. The van der Waals surface area contributed by atoms with Crippen molar-refractivity contribution in [2.45, 2.75) is 19.5 Å². The molecule has 1 N–H and O–H groups in total. The predicted octanol–water partition coefficient (Wildman–Crippen LogP) is 1.69. The second-order valence-corrected chi connectivity index (χ2v) is 7.56. The van der Waals surface area contributed by atoms with Crippen molar-refractivity contribution in [3.63, 3.8) is 0 Å². The number of amides is 1. The number of benzene rings is 1. The summed E-state index contributed by atoms with van der Waals surface area (Å²) in [4.78, 5) is 15.9. The Morgan fingerprint density at radius 3 is 2.64 bits per heavy atom. The van der Waals surface area contributed by atoms with Crippen molar-refractivity contribution in [1.29, 1.82) is 0 Å². The van der Waals surface area contributed by atoms with Gasteiger partial charge in [0.05, 0.1) is 6.26 Å². The fourth-order valence-electron chi connectivity index (χ4n) is 2.20. The minimum atomic E-state index is -3.57. The molecule has 134 valence electrons. The summed E-state index contributed by atoms with van der Waals surface area (Å²) in [5.74, 6) is -0.761. The van der Waals surface area contributed by atoms with Crippen molar-refractivity contribution in [1.82, 2.24) is 14.6 Å². The highest BCUT2D eigenvalue weighted by Crippen LogP contribution is 2.12. The zero-order chi connectivity index (χ0) is 18.3. The Kier molecular flexibility index (Phi) is 6.60. The Hall–Kier alpha value is -2.32. The van der Waals surface area contributed by atoms with E-state index in [-0.39, 0.29) is 31.0 Å². The SMILES string of the molecule is CS(=O)(=O)N(CCC(=O)NCc1cccnc1)Cc1ccccc1F. The van der Waals surface area contributed by atoms with Crippen LogP contribution in [0.1, 0.15) is 17.5 Å². The quantitative estimate of drug-likeness (QED) is 0.772. The van der Waals surface area contributed by atoms with Crippen LogP contribution >= 0.6 is 0 Å². The lowest BCUT2D eigenvalue weighted by molar-refractivity contribution is -0.121. The number of carbonyl (C=O) groups excluding carboxylic acids is 1. The van der Waals surface area contributed by atoms with Crippen LogP contribution in [0, 0.1) is 5.82 Å². The standard InChI is InChI=1S/C17H20FN3O3S/c1-25(23,24)21(13-15-6-2-3-7-16(15)18)10-8-17(22)20-12-14-5-4-9-19-11-14/h2-7,9,11H,8,10,12-13H2,1H3,(H,20,22). The number of carbonyl (C=O) groups is 1. The topological polar surface area (TPSA) is 79.4 Å². The Balaban J connectivity index is 1.92. The fourth-order valence-corrected chi connectivity index (χ4v) is 2.99. The van der Waals surface area contributed by atoms with E-state index in [1.54, 1.807) is 24.5 Å². The third-order valence-corrected chi connectivity index (χ3v) is 4.82. The normalized spacial score (nSPS) is 11.5. The van der Waals surface area contributed by atoms with Crippen molar-refractivity contribution in [2.75, 3.05) is 12.8 Å². The molecule has 0 spiro atoms. The summed E-state index contributed by atoms with van der Waals surface area (Å²) in [5.41, 5.74) is 1.12. The minimum absolute atomic E-state index is 0.0121. The van der Waals surface area contributed by atoms with Crippen molar-refractivity contribution >= 4 is 15.9 Å². The van der Waals surface area contributed by atoms with Gasteiger partial charge in [-0.2, -0.15) is 4.31 Å². The van der Waals surface area contributed by atoms with Gasteiger partial charge in [0, 0.05) is 44.0 Å². The van der Waals surface area contributed by atoms with Crippen molar-refractivity contribution in [2.24, 2.45) is 0 Å². The van der Waals surface area contributed by atoms with Crippen LogP contribution in [0.2, 0.25) is 0 Å². The van der Waals surface area contributed by atoms with Crippen LogP contribution < -0.4 is 5.32 Å². The monoisotopic (exact) mass is 365 g/mol. The minimum Gasteiger partial charge on any atom is -0.352 e. The number of nitrogens with one attached hydrogen (secondary N) is 1. The van der Waals surface area contributed by atoms with Gasteiger partial charge in [0.25, 0.3) is 0 Å². The molecule has 0 fully saturated rings. The Morgan fingerprint density at radius 1 is 1.24 bits per heavy atom. The molecule has 0 unspecified atom stereocenters. The van der Waals surface area contributed by atoms with E-state index < -0.39 is 15.8 Å². The second-order valence-electron chi connectivity index (χ2n) is 5.58. The van der Waals surface area contributed by atoms with Crippen LogP contribution in [0.15, 0.2) is 48.8 Å². The van der Waals surface area contributed by atoms with Gasteiger partial charge in [0.1, 0.15) is 5.82 Å². The number of aromatic nitrogens is 1. The molecule has 0 atom stereocenters. The van der Waals surface area contributed by atoms with Crippen molar-refractivity contribution < 1.29 is 17.6 Å². The van der Waals surface area contributed by atoms with Crippen LogP contribution in [0.5, 0.6) is 0 Å². The molecule has 2 aromatic rings. The third-order valence-electron chi connectivity index (χ3n) is 3.57. The molecule has 8 heteroatoms. The summed E-state index contributed by atoms with van der Waals surface area (Å²) in [6.45, 7) is 0.187. The summed E-state index contributed by atoms with van der Waals surface area (Å²) in [6.07, 6.45) is 4.31. The third kappa shape index (κ3) is 6.24. The molecular weight excluding hydrogens is 345 g/mol. The van der Waals surface area contributed by atoms with E-state index in [1.165, 1.54) is 18.2 Å². The van der Waals surface area contributed by atoms with Crippen LogP contribution in [-0.2, 0) is 27.9 Å². The lowest BCUT2D eigenvalue weighted by Crippen LogP contribution is -2.34. The molecule has 1 amide bonds. The maximum absolute atomic E-state index is 13.7. The summed E-state index contributed by atoms with van der Waals surface area (Å²) < 4.78 is 38.6. The fraction of sp³-hybridized carbons (Fsp3) is 0.294. The molecule has 25 heavy (non-hydrogen) atoms. The van der Waals surface area contributed by atoms with Gasteiger partial charge in [0.15, 0.2) is 0 Å². The smallest absolute Gasteiger partial charge is 0.221 e. The van der Waals surface area contributed by atoms with Gasteiger partial charge >= 0.3 is 0 Å². The molecular formula is C17H20FN3O3S. The molecule has 6 nitrogen and oxygen atoms in total. The number of pyridine rings is 1. The molecule has 1 aromatic heterocycles. The lowest BCUT2D eigenvalue weighted by Gasteiger charge is -2.20. The van der Waals surface area contributed by atoms with Crippen molar-refractivity contribution in [3.05, 3.63) is 65.7 Å². The van der Waals surface area contributed by atoms with Gasteiger partial charge in [0.2, 0.25) is 15.9 Å². The summed E-state index contributed by atoms with van der Waals surface area (Å²) >= 11 is 0. The van der Waals surface area contributed by atoms with Crippen LogP contribution in [0.4, 0.5) is 4.39 Å². The van der Waals surface area contributed by atoms with Crippen LogP contribution in [0.3, 0.4) is 0 Å². The van der Waals surface area contributed by atoms with Crippen LogP contribution in [0.25, 0.3) is 0 Å². The number of hydrogen-bond acceptors (Lipinski definition) is 4. The van der Waals surface area contributed by atoms with E-state index in [0.717, 1.165) is 16.1 Å². The molecule has 1 aromatic carbocycles. The average molecular weight is 365 g/mol. The van der Waals surface area contributed by atoms with Crippen molar-refractivity contribution in [3.8, 4) is 0 Å². The number of nitrogens with zero attached hydrogens (tertiary/aromatic N) is 2. The van der Waals surface area contributed by atoms with E-state index >= 15 is 0 Å². The summed E-state index contributed by atoms with van der Waals surface area (Å²) in [5, 5.41) is 2.71. The van der Waals surface area contributed by atoms with E-state index in [4.69, 9.17) is 0 Å². The van der Waals surface area contributed by atoms with Gasteiger partial charge in [-0.05, 0) is 17.7 Å². The van der Waals surface area contributed by atoms with E-state index in [1.807, 2.05) is 6.07 Å². The molecule has 1 heterocycles. The molecule has 0 saturated heterocycles. The molecule has 0 aliphatic carbocycles. The molecule has 0 bridgehead atoms. The Bertz CT molecular complexity index is 813. The first-order chi connectivity index (χ1) is 11.9. The highest BCUT2D eigenvalue weighted by molar-refractivity contribution is 7.88. The first-order valence-corrected chi connectivity index (χ1v) is 9.55. The van der Waals surface area contributed by atoms with E-state index in [0.29, 0.717) is 6.54 Å². The van der Waals surface area contributed by atoms with Gasteiger partial charge in [-0.25, -0.2) is 12.8 Å². The summed E-state index contributed by atoms with van der Waals surface area (Å²) in [6, 6.07) is 9.57. The van der Waals surface area contributed by atoms with Crippen LogP contribution in [-0.4, -0.2) is 36.4 Å². The number of halogens is 1. The average Bonchev–Trinajstić information content (AvgIpc) is 2.58. The number of sulfonamides is 1. The zero-order valence-corrected chi connectivity index (χ0v) is 14.7. The number of rotatable bonds is 8. The Morgan fingerprint density at radius 2 is 2.00 bits per heavy atom. The molecule has 0 aliphatic heterocycles. The Labute approximate surface area is 146 Å². The summed E-state index contributed by atoms with van der Waals surface area (Å²) in [7, 11) is -3.57. The maximum atomic E-state index is 13.7. The van der Waals surface area contributed by atoms with E-state index in [2.05, 4.69) is 10.3 Å². The molecule has 0 aliphatic rings.